The van der Waals surface area contributed by atoms with Gasteiger partial charge in [-0.25, -0.2) is 13.2 Å². The molecule has 0 unspecified atom stereocenters. The maximum absolute atomic E-state index is 12.4. The Morgan fingerprint density at radius 2 is 1.70 bits per heavy atom. The van der Waals surface area contributed by atoms with Crippen LogP contribution in [0.2, 0.25) is 0 Å². The average Bonchev–Trinajstić information content (AvgIpc) is 2.98. The van der Waals surface area contributed by atoms with Crippen molar-refractivity contribution in [3.63, 3.8) is 0 Å². The van der Waals surface area contributed by atoms with Crippen LogP contribution < -0.4 is 5.69 Å². The monoisotopic (exact) mass is 385 g/mol. The summed E-state index contributed by atoms with van der Waals surface area (Å²) in [5, 5.41) is 0. The lowest BCUT2D eigenvalue weighted by molar-refractivity contribution is 0.179. The molecule has 1 N–H and O–H groups in total. The van der Waals surface area contributed by atoms with Crippen LogP contribution in [0.15, 0.2) is 58.2 Å². The van der Waals surface area contributed by atoms with Crippen LogP contribution >= 0.6 is 0 Å². The lowest BCUT2D eigenvalue weighted by Crippen LogP contribution is -2.36. The summed E-state index contributed by atoms with van der Waals surface area (Å²) in [6.45, 7) is 2.27. The summed E-state index contributed by atoms with van der Waals surface area (Å²) in [5.41, 5.74) is 2.59. The number of benzene rings is 2. The topological polar surface area (TPSA) is 75.2 Å². The number of hydrogen-bond donors (Lipinski definition) is 1. The van der Waals surface area contributed by atoms with Gasteiger partial charge in [0, 0.05) is 31.9 Å². The first-order valence-electron chi connectivity index (χ1n) is 9.13. The predicted molar refractivity (Wildman–Crippen MR) is 106 cm³/mol. The summed E-state index contributed by atoms with van der Waals surface area (Å²) in [6, 6.07) is 15.1. The van der Waals surface area contributed by atoms with Crippen LogP contribution in [0.4, 0.5) is 0 Å². The summed E-state index contributed by atoms with van der Waals surface area (Å²) >= 11 is 0. The highest BCUT2D eigenvalue weighted by Gasteiger charge is 2.24. The molecule has 0 saturated carbocycles. The molecular weight excluding hydrogens is 362 g/mol. The second-order valence-corrected chi connectivity index (χ2v) is 9.19. The zero-order chi connectivity index (χ0) is 19.0. The third-order valence-corrected chi connectivity index (χ3v) is 6.51. The molecule has 7 heteroatoms. The van der Waals surface area contributed by atoms with E-state index >= 15 is 0 Å². The molecule has 0 radical (unpaired) electrons. The molecule has 1 aromatic heterocycles. The van der Waals surface area contributed by atoms with Gasteiger partial charge in [-0.2, -0.15) is 0 Å². The standard InChI is InChI=1S/C20H23N3O3S/c1-27(25,26)19-9-5-2-6-15(19)14-22-12-10-16(11-13-22)23-18-8-4-3-7-17(18)21-20(23)24/h2-9,16H,10-14H2,1H3,(H,21,24). The van der Waals surface area contributed by atoms with Crippen LogP contribution in [0, 0.1) is 0 Å². The Balaban J connectivity index is 1.50. The summed E-state index contributed by atoms with van der Waals surface area (Å²) < 4.78 is 25.9. The largest absolute Gasteiger partial charge is 0.326 e. The third-order valence-electron chi connectivity index (χ3n) is 5.31. The predicted octanol–water partition coefficient (Wildman–Crippen LogP) is 2.57. The number of likely N-dealkylation sites (tertiary alicyclic amines) is 1. The maximum atomic E-state index is 12.4. The Morgan fingerprint density at radius 3 is 2.44 bits per heavy atom. The second-order valence-electron chi connectivity index (χ2n) is 7.20. The van der Waals surface area contributed by atoms with Gasteiger partial charge in [0.1, 0.15) is 0 Å². The van der Waals surface area contributed by atoms with Crippen molar-refractivity contribution in [2.75, 3.05) is 19.3 Å². The fraction of sp³-hybridized carbons (Fsp3) is 0.350. The first-order valence-corrected chi connectivity index (χ1v) is 11.0. The van der Waals surface area contributed by atoms with Crippen molar-refractivity contribution in [3.05, 3.63) is 64.6 Å². The fourth-order valence-corrected chi connectivity index (χ4v) is 4.94. The van der Waals surface area contributed by atoms with Gasteiger partial charge in [-0.05, 0) is 36.6 Å². The molecule has 6 nitrogen and oxygen atoms in total. The molecule has 0 amide bonds. The van der Waals surface area contributed by atoms with Crippen molar-refractivity contribution >= 4 is 20.9 Å². The number of imidazole rings is 1. The number of H-pyrrole nitrogens is 1. The Labute approximate surface area is 158 Å². The van der Waals surface area contributed by atoms with Gasteiger partial charge in [0.2, 0.25) is 0 Å². The van der Waals surface area contributed by atoms with E-state index in [4.69, 9.17) is 0 Å². The highest BCUT2D eigenvalue weighted by molar-refractivity contribution is 7.90. The molecule has 0 aliphatic carbocycles. The first-order chi connectivity index (χ1) is 12.9. The highest BCUT2D eigenvalue weighted by atomic mass is 32.2. The number of aromatic amines is 1. The van der Waals surface area contributed by atoms with Crippen LogP contribution in [-0.4, -0.2) is 42.2 Å². The zero-order valence-corrected chi connectivity index (χ0v) is 16.1. The van der Waals surface area contributed by atoms with Crippen LogP contribution in [0.1, 0.15) is 24.4 Å². The van der Waals surface area contributed by atoms with Crippen LogP contribution in [-0.2, 0) is 16.4 Å². The lowest BCUT2D eigenvalue weighted by Gasteiger charge is -2.32. The minimum atomic E-state index is -3.24. The molecule has 4 rings (SSSR count). The Hall–Kier alpha value is -2.38. The molecule has 1 aliphatic rings. The molecule has 3 aromatic rings. The van der Waals surface area contributed by atoms with Gasteiger partial charge < -0.3 is 4.98 Å². The second kappa shape index (κ2) is 6.98. The van der Waals surface area contributed by atoms with E-state index in [0.717, 1.165) is 42.5 Å². The Morgan fingerprint density at radius 1 is 1.04 bits per heavy atom. The van der Waals surface area contributed by atoms with Crippen molar-refractivity contribution in [2.24, 2.45) is 0 Å². The molecule has 27 heavy (non-hydrogen) atoms. The van der Waals surface area contributed by atoms with E-state index in [1.54, 1.807) is 12.1 Å². The summed E-state index contributed by atoms with van der Waals surface area (Å²) in [7, 11) is -3.24. The molecule has 0 bridgehead atoms. The number of nitrogens with one attached hydrogen (secondary N) is 1. The summed E-state index contributed by atoms with van der Waals surface area (Å²) in [4.78, 5) is 18.0. The number of hydrogen-bond acceptors (Lipinski definition) is 4. The van der Waals surface area contributed by atoms with Gasteiger partial charge in [0.05, 0.1) is 15.9 Å². The van der Waals surface area contributed by atoms with Crippen LogP contribution in [0.3, 0.4) is 0 Å². The normalized spacial score (nSPS) is 16.8. The number of rotatable bonds is 4. The smallest absolute Gasteiger partial charge is 0.306 e. The van der Waals surface area contributed by atoms with E-state index in [2.05, 4.69) is 9.88 Å². The Kier molecular flexibility index (Phi) is 4.65. The molecular formula is C20H23N3O3S. The van der Waals surface area contributed by atoms with Gasteiger partial charge in [-0.15, -0.1) is 0 Å². The van der Waals surface area contributed by atoms with E-state index in [9.17, 15) is 13.2 Å². The van der Waals surface area contributed by atoms with Gasteiger partial charge in [0.15, 0.2) is 9.84 Å². The van der Waals surface area contributed by atoms with E-state index in [1.165, 1.54) is 6.26 Å². The minimum Gasteiger partial charge on any atom is -0.306 e. The van der Waals surface area contributed by atoms with Crippen molar-refractivity contribution < 1.29 is 8.42 Å². The zero-order valence-electron chi connectivity index (χ0n) is 15.3. The Bertz CT molecular complexity index is 1120. The molecule has 2 aromatic carbocycles. The van der Waals surface area contributed by atoms with Gasteiger partial charge in [-0.1, -0.05) is 30.3 Å². The maximum Gasteiger partial charge on any atom is 0.326 e. The molecule has 0 spiro atoms. The van der Waals surface area contributed by atoms with Gasteiger partial charge in [0.25, 0.3) is 0 Å². The highest BCUT2D eigenvalue weighted by Crippen LogP contribution is 2.26. The number of fused-ring (bicyclic) bond motifs is 1. The minimum absolute atomic E-state index is 0.0583. The third kappa shape index (κ3) is 3.57. The molecule has 1 aliphatic heterocycles. The SMILES string of the molecule is CS(=O)(=O)c1ccccc1CN1CCC(n2c(=O)[nH]c3ccccc32)CC1. The van der Waals surface area contributed by atoms with Crippen LogP contribution in [0.5, 0.6) is 0 Å². The van der Waals surface area contributed by atoms with Gasteiger partial charge in [-0.3, -0.25) is 9.47 Å². The van der Waals surface area contributed by atoms with Crippen molar-refractivity contribution in [2.45, 2.75) is 30.3 Å². The summed E-state index contributed by atoms with van der Waals surface area (Å²) in [5.74, 6) is 0. The van der Waals surface area contributed by atoms with Crippen LogP contribution in [0.25, 0.3) is 11.0 Å². The summed E-state index contributed by atoms with van der Waals surface area (Å²) in [6.07, 6.45) is 2.98. The molecule has 1 fully saturated rings. The quantitative estimate of drug-likeness (QED) is 0.749. The van der Waals surface area contributed by atoms with E-state index in [0.29, 0.717) is 11.4 Å². The average molecular weight is 385 g/mol. The van der Waals surface area contributed by atoms with Crippen molar-refractivity contribution in [1.29, 1.82) is 0 Å². The van der Waals surface area contributed by atoms with E-state index < -0.39 is 9.84 Å². The molecule has 1 saturated heterocycles. The first kappa shape index (κ1) is 18.0. The fourth-order valence-electron chi connectivity index (χ4n) is 4.01. The molecule has 142 valence electrons. The number of aromatic nitrogens is 2. The van der Waals surface area contributed by atoms with E-state index in [-0.39, 0.29) is 11.7 Å². The number of nitrogens with zero attached hydrogens (tertiary/aromatic N) is 2. The number of piperidine rings is 1. The van der Waals surface area contributed by atoms with E-state index in [1.807, 2.05) is 41.0 Å². The molecule has 0 atom stereocenters. The van der Waals surface area contributed by atoms with Crippen molar-refractivity contribution in [1.82, 2.24) is 14.5 Å². The van der Waals surface area contributed by atoms with Crippen molar-refractivity contribution in [3.8, 4) is 0 Å². The van der Waals surface area contributed by atoms with Gasteiger partial charge >= 0.3 is 5.69 Å². The number of para-hydroxylation sites is 2. The number of sulfone groups is 1. The lowest BCUT2D eigenvalue weighted by atomic mass is 10.0. The molecule has 2 heterocycles.